The van der Waals surface area contributed by atoms with Crippen LogP contribution in [0.2, 0.25) is 0 Å². The molecule has 2 aliphatic heterocycles. The van der Waals surface area contributed by atoms with Gasteiger partial charge in [-0.25, -0.2) is 0 Å². The molecule has 0 spiro atoms. The summed E-state index contributed by atoms with van der Waals surface area (Å²) < 4.78 is 0. The molecule has 0 aliphatic carbocycles. The largest absolute Gasteiger partial charge is 0.311 e. The van der Waals surface area contributed by atoms with Crippen molar-refractivity contribution in [2.24, 2.45) is 5.92 Å². The van der Waals surface area contributed by atoms with Gasteiger partial charge in [-0.1, -0.05) is 13.8 Å². The Labute approximate surface area is 131 Å². The molecule has 0 aromatic heterocycles. The van der Waals surface area contributed by atoms with E-state index in [9.17, 15) is 0 Å². The maximum atomic E-state index is 3.86. The highest BCUT2D eigenvalue weighted by Gasteiger charge is 2.28. The van der Waals surface area contributed by atoms with Crippen LogP contribution in [0.1, 0.15) is 34.1 Å². The molecule has 0 amide bonds. The Balaban J connectivity index is 1.78. The topological polar surface area (TPSA) is 21.8 Å². The first kappa shape index (κ1) is 17.2. The van der Waals surface area contributed by atoms with Crippen molar-refractivity contribution in [1.29, 1.82) is 0 Å². The summed E-state index contributed by atoms with van der Waals surface area (Å²) in [5, 5.41) is 3.86. The van der Waals surface area contributed by atoms with Crippen molar-refractivity contribution in [3.05, 3.63) is 0 Å². The summed E-state index contributed by atoms with van der Waals surface area (Å²) in [5.74, 6) is 0.725. The molecule has 0 aromatic carbocycles. The predicted molar refractivity (Wildman–Crippen MR) is 90.8 cm³/mol. The Hall–Kier alpha value is -0.160. The van der Waals surface area contributed by atoms with Gasteiger partial charge in [0.1, 0.15) is 0 Å². The quantitative estimate of drug-likeness (QED) is 0.798. The van der Waals surface area contributed by atoms with Crippen molar-refractivity contribution in [1.82, 2.24) is 20.0 Å². The van der Waals surface area contributed by atoms with Crippen molar-refractivity contribution >= 4 is 0 Å². The summed E-state index contributed by atoms with van der Waals surface area (Å²) in [4.78, 5) is 7.74. The van der Waals surface area contributed by atoms with E-state index in [-0.39, 0.29) is 0 Å². The first-order valence-corrected chi connectivity index (χ1v) is 8.87. The number of nitrogens with one attached hydrogen (secondary N) is 1. The summed E-state index contributed by atoms with van der Waals surface area (Å²) >= 11 is 0. The fraction of sp³-hybridized carbons (Fsp3) is 1.00. The van der Waals surface area contributed by atoms with Crippen LogP contribution >= 0.6 is 0 Å². The Morgan fingerprint density at radius 2 is 1.62 bits per heavy atom. The zero-order valence-corrected chi connectivity index (χ0v) is 14.8. The van der Waals surface area contributed by atoms with Gasteiger partial charge in [-0.3, -0.25) is 9.80 Å². The van der Waals surface area contributed by atoms with Crippen LogP contribution in [-0.4, -0.2) is 85.7 Å². The number of rotatable bonds is 6. The average molecular weight is 297 g/mol. The van der Waals surface area contributed by atoms with Crippen molar-refractivity contribution < 1.29 is 0 Å². The molecular weight excluding hydrogens is 260 g/mol. The van der Waals surface area contributed by atoms with Crippen LogP contribution in [0, 0.1) is 5.92 Å². The Morgan fingerprint density at radius 3 is 2.14 bits per heavy atom. The highest BCUT2D eigenvalue weighted by Crippen LogP contribution is 2.16. The summed E-state index contributed by atoms with van der Waals surface area (Å²) in [5.41, 5.74) is 0. The smallest absolute Gasteiger partial charge is 0.0244 e. The van der Waals surface area contributed by atoms with Crippen LogP contribution in [0.5, 0.6) is 0 Å². The van der Waals surface area contributed by atoms with E-state index in [4.69, 9.17) is 0 Å². The van der Waals surface area contributed by atoms with Gasteiger partial charge in [0, 0.05) is 57.4 Å². The number of likely N-dealkylation sites (tertiary alicyclic amines) is 1. The van der Waals surface area contributed by atoms with Crippen LogP contribution in [0.15, 0.2) is 0 Å². The van der Waals surface area contributed by atoms with E-state index < -0.39 is 0 Å². The van der Waals surface area contributed by atoms with Crippen LogP contribution in [-0.2, 0) is 0 Å². The number of likely N-dealkylation sites (N-methyl/N-ethyl adjacent to an activating group) is 1. The molecule has 124 valence electrons. The van der Waals surface area contributed by atoms with Crippen molar-refractivity contribution in [3.8, 4) is 0 Å². The van der Waals surface area contributed by atoms with Crippen molar-refractivity contribution in [3.63, 3.8) is 0 Å². The van der Waals surface area contributed by atoms with Crippen LogP contribution in [0.3, 0.4) is 0 Å². The molecule has 2 unspecified atom stereocenters. The molecule has 2 atom stereocenters. The highest BCUT2D eigenvalue weighted by molar-refractivity contribution is 4.87. The van der Waals surface area contributed by atoms with Gasteiger partial charge in [-0.15, -0.1) is 0 Å². The molecule has 0 radical (unpaired) electrons. The lowest BCUT2D eigenvalue weighted by molar-refractivity contribution is 0.0860. The van der Waals surface area contributed by atoms with E-state index in [1.807, 2.05) is 0 Å². The van der Waals surface area contributed by atoms with E-state index in [1.54, 1.807) is 0 Å². The predicted octanol–water partition coefficient (Wildman–Crippen LogP) is 1.33. The highest BCUT2D eigenvalue weighted by atomic mass is 15.3. The molecule has 2 saturated heterocycles. The normalized spacial score (nSPS) is 27.9. The Morgan fingerprint density at radius 1 is 0.952 bits per heavy atom. The summed E-state index contributed by atoms with van der Waals surface area (Å²) in [6.07, 6.45) is 1.31. The summed E-state index contributed by atoms with van der Waals surface area (Å²) in [6.45, 7) is 17.9. The molecule has 0 aromatic rings. The second-order valence-corrected chi connectivity index (χ2v) is 7.63. The van der Waals surface area contributed by atoms with Gasteiger partial charge in [-0.05, 0) is 39.8 Å². The first-order valence-electron chi connectivity index (χ1n) is 8.87. The van der Waals surface area contributed by atoms with Crippen LogP contribution < -0.4 is 5.32 Å². The van der Waals surface area contributed by atoms with Crippen LogP contribution in [0.4, 0.5) is 0 Å². The molecule has 21 heavy (non-hydrogen) atoms. The summed E-state index contributed by atoms with van der Waals surface area (Å²) in [6, 6.07) is 2.07. The standard InChI is InChI=1S/C17H36N4/c1-14(2)17(20-10-8-19(5)9-11-20)12-18-16-6-7-21(13-16)15(3)4/h14-18H,6-13H2,1-5H3. The lowest BCUT2D eigenvalue weighted by Gasteiger charge is -2.40. The van der Waals surface area contributed by atoms with E-state index in [0.717, 1.165) is 12.5 Å². The molecule has 4 heteroatoms. The van der Waals surface area contributed by atoms with Gasteiger partial charge in [0.05, 0.1) is 0 Å². The third-order valence-electron chi connectivity index (χ3n) is 5.34. The molecule has 0 saturated carbocycles. The molecule has 1 N–H and O–H groups in total. The molecule has 2 fully saturated rings. The van der Waals surface area contributed by atoms with Gasteiger partial charge >= 0.3 is 0 Å². The molecule has 2 heterocycles. The van der Waals surface area contributed by atoms with E-state index in [0.29, 0.717) is 18.1 Å². The monoisotopic (exact) mass is 296 g/mol. The number of nitrogens with zero attached hydrogens (tertiary/aromatic N) is 3. The van der Waals surface area contributed by atoms with Crippen LogP contribution in [0.25, 0.3) is 0 Å². The van der Waals surface area contributed by atoms with Gasteiger partial charge in [-0.2, -0.15) is 0 Å². The lowest BCUT2D eigenvalue weighted by Crippen LogP contribution is -2.54. The SMILES string of the molecule is CC(C)C(CNC1CCN(C(C)C)C1)N1CCN(C)CC1. The molecule has 2 aliphatic rings. The minimum atomic E-state index is 0.687. The third kappa shape index (κ3) is 4.92. The fourth-order valence-corrected chi connectivity index (χ4v) is 3.65. The zero-order chi connectivity index (χ0) is 15.4. The maximum Gasteiger partial charge on any atom is 0.0244 e. The van der Waals surface area contributed by atoms with E-state index >= 15 is 0 Å². The number of hydrogen-bond donors (Lipinski definition) is 1. The Bertz CT molecular complexity index is 297. The molecule has 0 bridgehead atoms. The minimum absolute atomic E-state index is 0.687. The van der Waals surface area contributed by atoms with Crippen molar-refractivity contribution in [2.75, 3.05) is 52.9 Å². The second-order valence-electron chi connectivity index (χ2n) is 7.63. The maximum absolute atomic E-state index is 3.86. The molecule has 2 rings (SSSR count). The van der Waals surface area contributed by atoms with Gasteiger partial charge in [0.15, 0.2) is 0 Å². The van der Waals surface area contributed by atoms with Gasteiger partial charge < -0.3 is 10.2 Å². The molecule has 4 nitrogen and oxygen atoms in total. The third-order valence-corrected chi connectivity index (χ3v) is 5.34. The first-order chi connectivity index (χ1) is 9.97. The number of piperazine rings is 1. The fourth-order valence-electron chi connectivity index (χ4n) is 3.65. The van der Waals surface area contributed by atoms with E-state index in [1.165, 1.54) is 45.7 Å². The Kier molecular flexibility index (Phi) is 6.48. The van der Waals surface area contributed by atoms with Gasteiger partial charge in [0.25, 0.3) is 0 Å². The second kappa shape index (κ2) is 7.91. The summed E-state index contributed by atoms with van der Waals surface area (Å²) in [7, 11) is 2.24. The molecular formula is C17H36N4. The zero-order valence-electron chi connectivity index (χ0n) is 14.8. The minimum Gasteiger partial charge on any atom is -0.311 e. The van der Waals surface area contributed by atoms with Gasteiger partial charge in [0.2, 0.25) is 0 Å². The van der Waals surface area contributed by atoms with E-state index in [2.05, 4.69) is 54.8 Å². The number of hydrogen-bond acceptors (Lipinski definition) is 4. The van der Waals surface area contributed by atoms with Crippen molar-refractivity contribution in [2.45, 2.75) is 52.2 Å². The lowest BCUT2D eigenvalue weighted by atomic mass is 10.0. The average Bonchev–Trinajstić information content (AvgIpc) is 2.90.